The molecule has 9 heteroatoms. The van der Waals surface area contributed by atoms with Gasteiger partial charge >= 0.3 is 11.5 Å². The molecule has 1 aliphatic heterocycles. The summed E-state index contributed by atoms with van der Waals surface area (Å²) in [5, 5.41) is 0. The summed E-state index contributed by atoms with van der Waals surface area (Å²) in [6, 6.07) is 8.97. The molecule has 0 aliphatic carbocycles. The van der Waals surface area contributed by atoms with E-state index >= 15 is 0 Å². The number of rotatable bonds is 4. The van der Waals surface area contributed by atoms with Gasteiger partial charge in [-0.2, -0.15) is 9.47 Å². The minimum absolute atomic E-state index is 0.231. The van der Waals surface area contributed by atoms with E-state index in [1.807, 2.05) is 30.3 Å². The molecule has 3 aromatic rings. The summed E-state index contributed by atoms with van der Waals surface area (Å²) in [5.41, 5.74) is 0.957. The summed E-state index contributed by atoms with van der Waals surface area (Å²) in [4.78, 5) is 31.6. The van der Waals surface area contributed by atoms with E-state index in [9.17, 15) is 9.59 Å². The molecule has 0 saturated carbocycles. The van der Waals surface area contributed by atoms with Gasteiger partial charge < -0.3 is 4.74 Å². The van der Waals surface area contributed by atoms with Crippen molar-refractivity contribution < 1.29 is 14.1 Å². The summed E-state index contributed by atoms with van der Waals surface area (Å²) in [5.74, 6) is 0.855. The van der Waals surface area contributed by atoms with Crippen LogP contribution in [0.25, 0.3) is 11.1 Å². The molecule has 1 amide bonds. The number of hydrogen-bond donors (Lipinski definition) is 0. The van der Waals surface area contributed by atoms with Gasteiger partial charge in [0.05, 0.1) is 19.0 Å². The fourth-order valence-corrected chi connectivity index (χ4v) is 4.54. The van der Waals surface area contributed by atoms with Crippen LogP contribution in [-0.2, 0) is 11.8 Å². The number of aromatic nitrogens is 3. The predicted molar refractivity (Wildman–Crippen MR) is 103 cm³/mol. The third-order valence-electron chi connectivity index (χ3n) is 4.61. The molecule has 2 aromatic heterocycles. The van der Waals surface area contributed by atoms with Gasteiger partial charge in [0, 0.05) is 6.20 Å². The van der Waals surface area contributed by atoms with Crippen LogP contribution in [0.15, 0.2) is 41.3 Å². The van der Waals surface area contributed by atoms with E-state index in [4.69, 9.17) is 16.3 Å². The molecule has 0 radical (unpaired) electrons. The summed E-state index contributed by atoms with van der Waals surface area (Å²) in [7, 11) is 3.29. The Labute approximate surface area is 164 Å². The lowest BCUT2D eigenvalue weighted by molar-refractivity contribution is -0.666. The lowest BCUT2D eigenvalue weighted by Crippen LogP contribution is -2.43. The summed E-state index contributed by atoms with van der Waals surface area (Å²) < 4.78 is 9.28. The molecule has 0 saturated heterocycles. The first-order chi connectivity index (χ1) is 13.1. The molecule has 3 heterocycles. The Balaban J connectivity index is 2.05. The van der Waals surface area contributed by atoms with Crippen molar-refractivity contribution in [1.82, 2.24) is 9.55 Å². The lowest BCUT2D eigenvalue weighted by atomic mass is 10.1. The number of benzene rings is 1. The van der Waals surface area contributed by atoms with Crippen molar-refractivity contribution >= 4 is 35.3 Å². The highest BCUT2D eigenvalue weighted by Gasteiger charge is 2.43. The van der Waals surface area contributed by atoms with E-state index in [-0.39, 0.29) is 11.6 Å². The average Bonchev–Trinajstić information content (AvgIpc) is 3.28. The SMILES string of the molecule is COc1c(-c2ccccc2)c(=O)n2c([n+]1C)N(C=O)CC2c1cnc(Cl)s1. The van der Waals surface area contributed by atoms with Gasteiger partial charge in [0.2, 0.25) is 0 Å². The molecular formula is C18H16ClN4O3S+. The van der Waals surface area contributed by atoms with Crippen LogP contribution in [0.5, 0.6) is 5.88 Å². The van der Waals surface area contributed by atoms with Crippen molar-refractivity contribution in [3.05, 3.63) is 56.2 Å². The minimum Gasteiger partial charge on any atom is -0.471 e. The van der Waals surface area contributed by atoms with Gasteiger partial charge in [0.1, 0.15) is 12.1 Å². The second-order valence-electron chi connectivity index (χ2n) is 6.07. The molecule has 1 unspecified atom stereocenters. The zero-order chi connectivity index (χ0) is 19.1. The minimum atomic E-state index is -0.359. The largest absolute Gasteiger partial charge is 0.471 e. The molecule has 1 aliphatic rings. The van der Waals surface area contributed by atoms with Crippen LogP contribution in [0.3, 0.4) is 0 Å². The van der Waals surface area contributed by atoms with E-state index in [1.54, 1.807) is 22.4 Å². The van der Waals surface area contributed by atoms with E-state index in [0.717, 1.165) is 16.9 Å². The van der Waals surface area contributed by atoms with Crippen molar-refractivity contribution in [3.8, 4) is 17.0 Å². The van der Waals surface area contributed by atoms with Gasteiger partial charge in [-0.15, -0.1) is 11.3 Å². The molecule has 138 valence electrons. The molecule has 1 aromatic carbocycles. The Morgan fingerprint density at radius 2 is 2.11 bits per heavy atom. The van der Waals surface area contributed by atoms with Crippen LogP contribution in [0, 0.1) is 0 Å². The van der Waals surface area contributed by atoms with E-state index < -0.39 is 0 Å². The summed E-state index contributed by atoms with van der Waals surface area (Å²) in [6.07, 6.45) is 2.37. The number of amides is 1. The van der Waals surface area contributed by atoms with Crippen molar-refractivity contribution in [2.24, 2.45) is 7.05 Å². The molecule has 4 rings (SSSR count). The third kappa shape index (κ3) is 2.72. The highest BCUT2D eigenvalue weighted by atomic mass is 35.5. The predicted octanol–water partition coefficient (Wildman–Crippen LogP) is 2.02. The highest BCUT2D eigenvalue weighted by Crippen LogP contribution is 2.35. The van der Waals surface area contributed by atoms with Crippen LogP contribution in [0.2, 0.25) is 4.47 Å². The maximum Gasteiger partial charge on any atom is 0.373 e. The first-order valence-corrected chi connectivity index (χ1v) is 9.37. The van der Waals surface area contributed by atoms with Gasteiger partial charge in [0.25, 0.3) is 12.3 Å². The zero-order valence-electron chi connectivity index (χ0n) is 14.6. The van der Waals surface area contributed by atoms with Crippen molar-refractivity contribution in [2.75, 3.05) is 18.6 Å². The maximum absolute atomic E-state index is 13.5. The number of methoxy groups -OCH3 is 1. The summed E-state index contributed by atoms with van der Waals surface area (Å²) >= 11 is 7.29. The number of anilines is 1. The molecule has 7 nitrogen and oxygen atoms in total. The third-order valence-corrected chi connectivity index (χ3v) is 5.83. The van der Waals surface area contributed by atoms with Gasteiger partial charge in [0.15, 0.2) is 10.5 Å². The number of thiazole rings is 1. The van der Waals surface area contributed by atoms with Crippen LogP contribution in [-0.4, -0.2) is 29.6 Å². The van der Waals surface area contributed by atoms with Gasteiger partial charge in [-0.3, -0.25) is 4.79 Å². The first-order valence-electron chi connectivity index (χ1n) is 8.18. The zero-order valence-corrected chi connectivity index (χ0v) is 16.2. The molecule has 1 atom stereocenters. The maximum atomic E-state index is 13.5. The van der Waals surface area contributed by atoms with Gasteiger partial charge in [-0.1, -0.05) is 41.9 Å². The van der Waals surface area contributed by atoms with Crippen LogP contribution in [0.1, 0.15) is 10.9 Å². The quantitative estimate of drug-likeness (QED) is 0.493. The Bertz CT molecular complexity index is 1080. The Hall–Kier alpha value is -2.71. The molecule has 0 fully saturated rings. The molecule has 0 N–H and O–H groups in total. The Morgan fingerprint density at radius 3 is 2.70 bits per heavy atom. The van der Waals surface area contributed by atoms with Gasteiger partial charge in [-0.05, 0) is 5.56 Å². The fraction of sp³-hybridized carbons (Fsp3) is 0.222. The van der Waals surface area contributed by atoms with Crippen LogP contribution >= 0.6 is 22.9 Å². The molecule has 27 heavy (non-hydrogen) atoms. The van der Waals surface area contributed by atoms with Crippen molar-refractivity contribution in [1.29, 1.82) is 0 Å². The van der Waals surface area contributed by atoms with Gasteiger partial charge in [-0.25, -0.2) is 14.3 Å². The van der Waals surface area contributed by atoms with E-state index in [0.29, 0.717) is 28.4 Å². The average molecular weight is 404 g/mol. The standard InChI is InChI=1S/C18H16ClN4O3S/c1-21-16(26-2)14(11-6-4-3-5-7-11)15(25)23-12(9-22(10-24)18(21)23)13-8-20-17(19)27-13/h3-8,10,12H,9H2,1-2H3/q+1. The van der Waals surface area contributed by atoms with Crippen molar-refractivity contribution in [2.45, 2.75) is 6.04 Å². The highest BCUT2D eigenvalue weighted by molar-refractivity contribution is 7.15. The number of fused-ring (bicyclic) bond motifs is 1. The number of carbonyl (C=O) groups is 1. The molecule has 0 bridgehead atoms. The summed E-state index contributed by atoms with van der Waals surface area (Å²) in [6.45, 7) is 0.326. The topological polar surface area (TPSA) is 68.3 Å². The number of halogens is 1. The Morgan fingerprint density at radius 1 is 1.37 bits per heavy atom. The fourth-order valence-electron chi connectivity index (χ4n) is 3.50. The number of carbonyl (C=O) groups excluding carboxylic acids is 1. The molecular weight excluding hydrogens is 388 g/mol. The first kappa shape index (κ1) is 17.7. The number of nitrogens with zero attached hydrogens (tertiary/aromatic N) is 4. The molecule has 0 spiro atoms. The van der Waals surface area contributed by atoms with E-state index in [2.05, 4.69) is 4.98 Å². The normalized spacial score (nSPS) is 15.7. The second-order valence-corrected chi connectivity index (χ2v) is 7.72. The monoisotopic (exact) mass is 403 g/mol. The van der Waals surface area contributed by atoms with Crippen LogP contribution < -0.4 is 19.8 Å². The van der Waals surface area contributed by atoms with Crippen LogP contribution in [0.4, 0.5) is 5.95 Å². The smallest absolute Gasteiger partial charge is 0.373 e. The number of hydrogen-bond acceptors (Lipinski definition) is 5. The van der Waals surface area contributed by atoms with Crippen molar-refractivity contribution in [3.63, 3.8) is 0 Å². The lowest BCUT2D eigenvalue weighted by Gasteiger charge is -2.14. The number of ether oxygens (including phenoxy) is 1. The van der Waals surface area contributed by atoms with E-state index in [1.165, 1.54) is 23.3 Å². The second kappa shape index (κ2) is 6.79. The Kier molecular flexibility index (Phi) is 4.45.